The van der Waals surface area contributed by atoms with Crippen molar-refractivity contribution < 1.29 is 0 Å². The molecule has 0 unspecified atom stereocenters. The second-order valence-corrected chi connectivity index (χ2v) is 18.0. The molecule has 0 N–H and O–H groups in total. The second kappa shape index (κ2) is 18.0. The third-order valence-electron chi connectivity index (χ3n) is 10.4. The van der Waals surface area contributed by atoms with Gasteiger partial charge in [-0.05, 0) is 65.3 Å². The maximum atomic E-state index is 2.37. The molecule has 8 aromatic rings. The number of benzene rings is 8. The lowest BCUT2D eigenvalue weighted by atomic mass is 10.1. The molecular formula is C56H44Si. The quantitative estimate of drug-likeness (QED) is 0.0664. The fourth-order valence-corrected chi connectivity index (χ4v) is 12.1. The van der Waals surface area contributed by atoms with E-state index in [1.165, 1.54) is 65.3 Å². The summed E-state index contributed by atoms with van der Waals surface area (Å²) in [4.78, 5) is 0. The summed E-state index contributed by atoms with van der Waals surface area (Å²) >= 11 is 0. The van der Waals surface area contributed by atoms with Gasteiger partial charge in [0.05, 0.1) is 0 Å². The maximum absolute atomic E-state index is 2.84. The third-order valence-corrected chi connectivity index (χ3v) is 15.2. The Hall–Kier alpha value is -7.06. The molecular weight excluding hydrogens is 701 g/mol. The largest absolute Gasteiger partial charge is 0.179 e. The molecule has 0 aliphatic heterocycles. The molecule has 0 spiro atoms. The fourth-order valence-electron chi connectivity index (χ4n) is 7.40. The van der Waals surface area contributed by atoms with Crippen molar-refractivity contribution in [2.75, 3.05) is 0 Å². The van der Waals surface area contributed by atoms with E-state index in [9.17, 15) is 0 Å². The molecule has 0 fully saturated rings. The van der Waals surface area contributed by atoms with E-state index in [0.717, 1.165) is 0 Å². The number of rotatable bonds is 12. The number of hydrogen-bond donors (Lipinski definition) is 0. The maximum Gasteiger partial charge on any atom is 0.179 e. The van der Waals surface area contributed by atoms with Gasteiger partial charge in [-0.15, -0.1) is 0 Å². The summed E-state index contributed by atoms with van der Waals surface area (Å²) in [6, 6.07) is 79.1. The van der Waals surface area contributed by atoms with Gasteiger partial charge in [-0.3, -0.25) is 0 Å². The molecule has 0 nitrogen and oxygen atoms in total. The first-order chi connectivity index (χ1) is 28.2. The summed E-state index contributed by atoms with van der Waals surface area (Å²) in [7, 11) is -2.84. The Kier molecular flexibility index (Phi) is 11.7. The van der Waals surface area contributed by atoms with E-state index in [4.69, 9.17) is 0 Å². The molecule has 57 heavy (non-hydrogen) atoms. The van der Waals surface area contributed by atoms with Gasteiger partial charge >= 0.3 is 0 Å². The molecule has 0 aliphatic carbocycles. The van der Waals surface area contributed by atoms with Crippen molar-refractivity contribution in [3.05, 3.63) is 263 Å². The van der Waals surface area contributed by atoms with Gasteiger partial charge in [0.2, 0.25) is 0 Å². The van der Waals surface area contributed by atoms with Gasteiger partial charge in [0.1, 0.15) is 0 Å². The first-order valence-electron chi connectivity index (χ1n) is 19.6. The van der Waals surface area contributed by atoms with Gasteiger partial charge in [0, 0.05) is 0 Å². The van der Waals surface area contributed by atoms with Gasteiger partial charge in [0.15, 0.2) is 8.07 Å². The minimum atomic E-state index is -2.84. The van der Waals surface area contributed by atoms with E-state index in [1.54, 1.807) is 0 Å². The Morgan fingerprint density at radius 2 is 0.333 bits per heavy atom. The van der Waals surface area contributed by atoms with E-state index in [2.05, 4.69) is 267 Å². The lowest BCUT2D eigenvalue weighted by molar-refractivity contribution is 1.62. The van der Waals surface area contributed by atoms with Crippen molar-refractivity contribution >= 4 is 77.4 Å². The van der Waals surface area contributed by atoms with Gasteiger partial charge in [-0.2, -0.15) is 0 Å². The van der Waals surface area contributed by atoms with E-state index in [0.29, 0.717) is 0 Å². The van der Waals surface area contributed by atoms with Crippen molar-refractivity contribution in [1.29, 1.82) is 0 Å². The van der Waals surface area contributed by atoms with Crippen LogP contribution in [0.2, 0.25) is 0 Å². The minimum absolute atomic E-state index is 1.18. The van der Waals surface area contributed by atoms with Crippen LogP contribution in [-0.4, -0.2) is 8.07 Å². The lowest BCUT2D eigenvalue weighted by Crippen LogP contribution is -2.74. The average Bonchev–Trinajstić information content (AvgIpc) is 3.29. The molecule has 0 aliphatic rings. The summed E-state index contributed by atoms with van der Waals surface area (Å²) in [5.74, 6) is 0. The number of hydrogen-bond acceptors (Lipinski definition) is 0. The molecule has 0 bridgehead atoms. The van der Waals surface area contributed by atoms with E-state index in [1.807, 2.05) is 0 Å². The van der Waals surface area contributed by atoms with Crippen LogP contribution in [-0.2, 0) is 0 Å². The van der Waals surface area contributed by atoms with Gasteiger partial charge in [0.25, 0.3) is 0 Å². The summed E-state index contributed by atoms with van der Waals surface area (Å²) in [5, 5.41) is 5.36. The van der Waals surface area contributed by atoms with Crippen LogP contribution in [0, 0.1) is 0 Å². The van der Waals surface area contributed by atoms with E-state index in [-0.39, 0.29) is 0 Å². The second-order valence-electron chi connectivity index (χ2n) is 14.2. The highest BCUT2D eigenvalue weighted by Gasteiger charge is 2.41. The van der Waals surface area contributed by atoms with Crippen LogP contribution in [0.4, 0.5) is 0 Å². The Balaban J connectivity index is 1.25. The van der Waals surface area contributed by atoms with Gasteiger partial charge < -0.3 is 0 Å². The molecule has 0 atom stereocenters. The molecule has 0 saturated heterocycles. The molecule has 0 saturated carbocycles. The smallest absolute Gasteiger partial charge is 0.0622 e. The summed E-state index contributed by atoms with van der Waals surface area (Å²) < 4.78 is 0. The standard InChI is InChI=1S/C56H44Si/c1-5-13-45(14-6-1)21-25-49-29-37-53(38-30-49)57(54-39-31-50(32-40-54)26-22-46-15-7-2-8-16-46,55-41-33-51(34-42-55)27-23-47-17-9-3-10-18-47)56-43-35-52(36-44-56)28-24-48-19-11-4-12-20-48/h1-44H. The first-order valence-corrected chi connectivity index (χ1v) is 21.6. The molecule has 8 rings (SSSR count). The van der Waals surface area contributed by atoms with Crippen LogP contribution >= 0.6 is 0 Å². The zero-order valence-electron chi connectivity index (χ0n) is 31.9. The van der Waals surface area contributed by atoms with Crippen molar-refractivity contribution in [1.82, 2.24) is 0 Å². The van der Waals surface area contributed by atoms with Crippen LogP contribution in [0.5, 0.6) is 0 Å². The third kappa shape index (κ3) is 9.08. The van der Waals surface area contributed by atoms with Crippen molar-refractivity contribution in [3.63, 3.8) is 0 Å². The molecule has 0 radical (unpaired) electrons. The average molecular weight is 745 g/mol. The van der Waals surface area contributed by atoms with Gasteiger partial charge in [-0.1, -0.05) is 267 Å². The zero-order chi connectivity index (χ0) is 38.5. The zero-order valence-corrected chi connectivity index (χ0v) is 32.9. The lowest BCUT2D eigenvalue weighted by Gasteiger charge is -2.35. The Bertz CT molecular complexity index is 2200. The van der Waals surface area contributed by atoms with Gasteiger partial charge in [-0.25, -0.2) is 0 Å². The predicted octanol–water partition coefficient (Wildman–Crippen LogP) is 11.7. The molecule has 272 valence electrons. The molecule has 0 amide bonds. The van der Waals surface area contributed by atoms with Crippen LogP contribution in [0.3, 0.4) is 0 Å². The Morgan fingerprint density at radius 1 is 0.175 bits per heavy atom. The van der Waals surface area contributed by atoms with Crippen LogP contribution in [0.25, 0.3) is 48.6 Å². The minimum Gasteiger partial charge on any atom is -0.0622 e. The van der Waals surface area contributed by atoms with E-state index >= 15 is 0 Å². The Labute approximate surface area is 338 Å². The summed E-state index contributed by atoms with van der Waals surface area (Å²) in [6.45, 7) is 0. The van der Waals surface area contributed by atoms with E-state index < -0.39 is 8.07 Å². The SMILES string of the molecule is C(=Cc1ccc([Si](c2ccc(C=Cc3ccccc3)cc2)(c2ccc(C=Cc3ccccc3)cc2)c2ccc(C=Cc3ccccc3)cc2)cc1)c1ccccc1. The normalized spacial score (nSPS) is 12.8. The van der Waals surface area contributed by atoms with Crippen LogP contribution < -0.4 is 20.7 Å². The predicted molar refractivity (Wildman–Crippen MR) is 252 cm³/mol. The highest BCUT2D eigenvalue weighted by Crippen LogP contribution is 2.17. The molecule has 0 aromatic heterocycles. The molecule has 0 heterocycles. The van der Waals surface area contributed by atoms with Crippen LogP contribution in [0.15, 0.2) is 218 Å². The monoisotopic (exact) mass is 744 g/mol. The van der Waals surface area contributed by atoms with Crippen molar-refractivity contribution in [3.8, 4) is 0 Å². The van der Waals surface area contributed by atoms with Crippen molar-refractivity contribution in [2.45, 2.75) is 0 Å². The summed E-state index contributed by atoms with van der Waals surface area (Å²) in [5.41, 5.74) is 9.46. The highest BCUT2D eigenvalue weighted by molar-refractivity contribution is 7.19. The first kappa shape index (κ1) is 36.9. The van der Waals surface area contributed by atoms with Crippen molar-refractivity contribution in [2.24, 2.45) is 0 Å². The summed E-state index contributed by atoms with van der Waals surface area (Å²) in [6.07, 6.45) is 17.6. The van der Waals surface area contributed by atoms with Crippen LogP contribution in [0.1, 0.15) is 44.5 Å². The Morgan fingerprint density at radius 3 is 0.509 bits per heavy atom. The molecule has 1 heteroatoms. The topological polar surface area (TPSA) is 0 Å². The molecule has 8 aromatic carbocycles. The fraction of sp³-hybridized carbons (Fsp3) is 0. The highest BCUT2D eigenvalue weighted by atomic mass is 28.3.